The van der Waals surface area contributed by atoms with Gasteiger partial charge in [-0.15, -0.1) is 0 Å². The summed E-state index contributed by atoms with van der Waals surface area (Å²) < 4.78 is 38.9. The minimum absolute atomic E-state index is 0.116. The molecule has 1 aliphatic rings. The van der Waals surface area contributed by atoms with Crippen LogP contribution in [0.4, 0.5) is 24.9 Å². The van der Waals surface area contributed by atoms with Crippen LogP contribution in [0.15, 0.2) is 30.5 Å². The molecule has 1 fully saturated rings. The quantitative estimate of drug-likeness (QED) is 0.668. The summed E-state index contributed by atoms with van der Waals surface area (Å²) in [4.78, 5) is 23.6. The number of hydrogen-bond donors (Lipinski definition) is 2. The maximum Gasteiger partial charge on any atom is 0.416 e. The Kier molecular flexibility index (Phi) is 7.26. The van der Waals surface area contributed by atoms with Crippen molar-refractivity contribution in [1.82, 2.24) is 15.3 Å². The molecule has 0 unspecified atom stereocenters. The standard InChI is InChI=1S/C23H30F3N5O/c1-14-13-27-22(30-20(14)31(3)4)29-19-10-8-16(9-11-19)21(32)28-15(2)17-6-5-7-18(12-17)23(24,25)26/h5-7,12-13,15-16,19H,8-11H2,1-4H3,(H,28,32)(H,27,29,30)/t15-,16?,19?/m0/s1. The maximum absolute atomic E-state index is 13.0. The number of hydrogen-bond acceptors (Lipinski definition) is 5. The fourth-order valence-corrected chi connectivity index (χ4v) is 4.04. The van der Waals surface area contributed by atoms with E-state index in [-0.39, 0.29) is 17.9 Å². The van der Waals surface area contributed by atoms with Gasteiger partial charge in [0, 0.05) is 37.8 Å². The smallest absolute Gasteiger partial charge is 0.362 e. The van der Waals surface area contributed by atoms with Crippen LogP contribution < -0.4 is 15.5 Å². The van der Waals surface area contributed by atoms with E-state index in [1.807, 2.05) is 25.9 Å². The Morgan fingerprint density at radius 2 is 1.88 bits per heavy atom. The number of nitrogens with one attached hydrogen (secondary N) is 2. The van der Waals surface area contributed by atoms with Crippen LogP contribution in [0.1, 0.15) is 55.3 Å². The number of anilines is 2. The third-order valence-corrected chi connectivity index (χ3v) is 5.87. The highest BCUT2D eigenvalue weighted by molar-refractivity contribution is 5.79. The Morgan fingerprint density at radius 1 is 1.19 bits per heavy atom. The number of benzene rings is 1. The molecule has 9 heteroatoms. The summed E-state index contributed by atoms with van der Waals surface area (Å²) in [6.07, 6.45) is 0.379. The maximum atomic E-state index is 13.0. The normalized spacial score (nSPS) is 19.8. The molecule has 1 saturated carbocycles. The summed E-state index contributed by atoms with van der Waals surface area (Å²) in [6, 6.07) is 4.78. The van der Waals surface area contributed by atoms with E-state index >= 15 is 0 Å². The molecular formula is C23H30F3N5O. The van der Waals surface area contributed by atoms with Gasteiger partial charge in [0.15, 0.2) is 0 Å². The van der Waals surface area contributed by atoms with Crippen molar-refractivity contribution in [2.24, 2.45) is 5.92 Å². The molecule has 174 valence electrons. The highest BCUT2D eigenvalue weighted by Crippen LogP contribution is 2.31. The second-order valence-electron chi connectivity index (χ2n) is 8.64. The molecule has 3 rings (SSSR count). The Balaban J connectivity index is 1.53. The summed E-state index contributed by atoms with van der Waals surface area (Å²) in [7, 11) is 3.87. The molecule has 0 bridgehead atoms. The van der Waals surface area contributed by atoms with Gasteiger partial charge in [-0.3, -0.25) is 4.79 Å². The van der Waals surface area contributed by atoms with Crippen LogP contribution in [0.2, 0.25) is 0 Å². The second kappa shape index (κ2) is 9.75. The van der Waals surface area contributed by atoms with Crippen molar-refractivity contribution in [3.8, 4) is 0 Å². The van der Waals surface area contributed by atoms with Gasteiger partial charge in [0.2, 0.25) is 11.9 Å². The molecule has 6 nitrogen and oxygen atoms in total. The first-order valence-corrected chi connectivity index (χ1v) is 10.8. The third-order valence-electron chi connectivity index (χ3n) is 5.87. The minimum Gasteiger partial charge on any atom is -0.362 e. The van der Waals surface area contributed by atoms with Gasteiger partial charge in [-0.05, 0) is 57.2 Å². The zero-order valence-electron chi connectivity index (χ0n) is 18.8. The Morgan fingerprint density at radius 3 is 2.50 bits per heavy atom. The molecular weight excluding hydrogens is 419 g/mol. The molecule has 1 aromatic carbocycles. The largest absolute Gasteiger partial charge is 0.416 e. The lowest BCUT2D eigenvalue weighted by Gasteiger charge is -2.29. The number of alkyl halides is 3. The predicted octanol–water partition coefficient (Wildman–Crippen LogP) is 4.72. The van der Waals surface area contributed by atoms with Crippen LogP contribution >= 0.6 is 0 Å². The van der Waals surface area contributed by atoms with E-state index < -0.39 is 17.8 Å². The lowest BCUT2D eigenvalue weighted by atomic mass is 9.85. The van der Waals surface area contributed by atoms with Crippen LogP contribution in [0, 0.1) is 12.8 Å². The van der Waals surface area contributed by atoms with Crippen molar-refractivity contribution in [1.29, 1.82) is 0 Å². The van der Waals surface area contributed by atoms with E-state index in [0.717, 1.165) is 36.4 Å². The fraction of sp³-hybridized carbons (Fsp3) is 0.522. The summed E-state index contributed by atoms with van der Waals surface area (Å²) in [5.41, 5.74) is 0.728. The third kappa shape index (κ3) is 5.89. The van der Waals surface area contributed by atoms with Crippen LogP contribution in [0.3, 0.4) is 0 Å². The van der Waals surface area contributed by atoms with E-state index in [2.05, 4.69) is 20.6 Å². The topological polar surface area (TPSA) is 70.1 Å². The van der Waals surface area contributed by atoms with Crippen LogP contribution in [-0.4, -0.2) is 36.0 Å². The molecule has 1 atom stereocenters. The summed E-state index contributed by atoms with van der Waals surface area (Å²) in [6.45, 7) is 3.67. The first kappa shape index (κ1) is 23.8. The number of aryl methyl sites for hydroxylation is 1. The van der Waals surface area contributed by atoms with Crippen molar-refractivity contribution >= 4 is 17.7 Å². The van der Waals surface area contributed by atoms with Gasteiger partial charge >= 0.3 is 6.18 Å². The zero-order chi connectivity index (χ0) is 23.5. The molecule has 1 aromatic heterocycles. The lowest BCUT2D eigenvalue weighted by molar-refractivity contribution is -0.137. The summed E-state index contributed by atoms with van der Waals surface area (Å²) >= 11 is 0. The first-order valence-electron chi connectivity index (χ1n) is 10.8. The number of rotatable bonds is 6. The molecule has 0 aliphatic heterocycles. The molecule has 2 N–H and O–H groups in total. The van der Waals surface area contributed by atoms with Gasteiger partial charge < -0.3 is 15.5 Å². The number of aromatic nitrogens is 2. The number of nitrogens with zero attached hydrogens (tertiary/aromatic N) is 3. The van der Waals surface area contributed by atoms with Crippen LogP contribution in [0.5, 0.6) is 0 Å². The monoisotopic (exact) mass is 449 g/mol. The van der Waals surface area contributed by atoms with E-state index in [9.17, 15) is 18.0 Å². The average Bonchev–Trinajstić information content (AvgIpc) is 2.75. The van der Waals surface area contributed by atoms with Crippen molar-refractivity contribution in [3.05, 3.63) is 47.2 Å². The molecule has 1 amide bonds. The molecule has 0 radical (unpaired) electrons. The summed E-state index contributed by atoms with van der Waals surface area (Å²) in [5, 5.41) is 6.24. The van der Waals surface area contributed by atoms with E-state index in [4.69, 9.17) is 0 Å². The van der Waals surface area contributed by atoms with E-state index in [1.54, 1.807) is 19.2 Å². The fourth-order valence-electron chi connectivity index (χ4n) is 4.04. The van der Waals surface area contributed by atoms with Crippen molar-refractivity contribution in [2.45, 2.75) is 57.8 Å². The van der Waals surface area contributed by atoms with Gasteiger partial charge in [0.1, 0.15) is 5.82 Å². The number of carbonyl (C=O) groups excluding carboxylic acids is 1. The molecule has 1 aliphatic carbocycles. The Hall–Kier alpha value is -2.84. The van der Waals surface area contributed by atoms with Gasteiger partial charge in [-0.2, -0.15) is 18.2 Å². The highest BCUT2D eigenvalue weighted by Gasteiger charge is 2.31. The minimum atomic E-state index is -4.40. The predicted molar refractivity (Wildman–Crippen MR) is 118 cm³/mol. The number of amides is 1. The van der Waals surface area contributed by atoms with Crippen molar-refractivity contribution in [2.75, 3.05) is 24.3 Å². The average molecular weight is 450 g/mol. The summed E-state index contributed by atoms with van der Waals surface area (Å²) in [5.74, 6) is 1.16. The number of halogens is 3. The van der Waals surface area contributed by atoms with Gasteiger partial charge in [-0.1, -0.05) is 12.1 Å². The van der Waals surface area contributed by atoms with Crippen LogP contribution in [0.25, 0.3) is 0 Å². The number of carbonyl (C=O) groups is 1. The highest BCUT2D eigenvalue weighted by atomic mass is 19.4. The first-order chi connectivity index (χ1) is 15.0. The van der Waals surface area contributed by atoms with Gasteiger partial charge in [0.05, 0.1) is 11.6 Å². The zero-order valence-corrected chi connectivity index (χ0v) is 18.8. The van der Waals surface area contributed by atoms with Crippen LogP contribution in [-0.2, 0) is 11.0 Å². The van der Waals surface area contributed by atoms with E-state index in [1.165, 1.54) is 6.07 Å². The van der Waals surface area contributed by atoms with Gasteiger partial charge in [0.25, 0.3) is 0 Å². The molecule has 0 spiro atoms. The Labute approximate surface area is 186 Å². The second-order valence-corrected chi connectivity index (χ2v) is 8.64. The molecule has 2 aromatic rings. The molecule has 0 saturated heterocycles. The van der Waals surface area contributed by atoms with Crippen molar-refractivity contribution in [3.63, 3.8) is 0 Å². The molecule has 32 heavy (non-hydrogen) atoms. The Bertz CT molecular complexity index is 939. The SMILES string of the molecule is Cc1cnc(NC2CCC(C(=O)N[C@@H](C)c3cccc(C(F)(F)F)c3)CC2)nc1N(C)C. The van der Waals surface area contributed by atoms with Crippen molar-refractivity contribution < 1.29 is 18.0 Å². The van der Waals surface area contributed by atoms with E-state index in [0.29, 0.717) is 24.4 Å². The molecule has 1 heterocycles. The van der Waals surface area contributed by atoms with Gasteiger partial charge in [-0.25, -0.2) is 4.98 Å². The lowest BCUT2D eigenvalue weighted by Crippen LogP contribution is -2.37.